The maximum absolute atomic E-state index is 13.0. The second-order valence-corrected chi connectivity index (χ2v) is 9.20. The number of halogens is 1. The number of phenols is 1. The van der Waals surface area contributed by atoms with Crippen LogP contribution in [-0.2, 0) is 10.0 Å². The van der Waals surface area contributed by atoms with Crippen LogP contribution in [-0.4, -0.2) is 35.8 Å². The Kier molecular flexibility index (Phi) is 5.46. The van der Waals surface area contributed by atoms with E-state index in [1.165, 1.54) is 31.6 Å². The van der Waals surface area contributed by atoms with E-state index >= 15 is 0 Å². The lowest BCUT2D eigenvalue weighted by Crippen LogP contribution is -2.13. The summed E-state index contributed by atoms with van der Waals surface area (Å²) in [7, 11) is -2.51. The van der Waals surface area contributed by atoms with E-state index in [9.17, 15) is 13.5 Å². The van der Waals surface area contributed by atoms with Gasteiger partial charge in [0.1, 0.15) is 17.8 Å². The fourth-order valence-electron chi connectivity index (χ4n) is 2.86. The number of fused-ring (bicyclic) bond motifs is 1. The van der Waals surface area contributed by atoms with Gasteiger partial charge >= 0.3 is 0 Å². The molecule has 1 aromatic heterocycles. The topological polar surface area (TPSA) is 117 Å². The largest absolute Gasteiger partial charge is 0.506 e. The van der Waals surface area contributed by atoms with Gasteiger partial charge in [-0.25, -0.2) is 13.4 Å². The average molecular weight is 463 g/mol. The van der Waals surface area contributed by atoms with Crippen molar-refractivity contribution in [2.45, 2.75) is 14.9 Å². The monoisotopic (exact) mass is 462 g/mol. The van der Waals surface area contributed by atoms with E-state index in [1.54, 1.807) is 30.3 Å². The van der Waals surface area contributed by atoms with Gasteiger partial charge in [-0.1, -0.05) is 35.9 Å². The summed E-state index contributed by atoms with van der Waals surface area (Å²) in [6.07, 6.45) is 1.41. The Labute approximate surface area is 181 Å². The van der Waals surface area contributed by atoms with E-state index in [1.807, 2.05) is 0 Å². The van der Waals surface area contributed by atoms with Crippen molar-refractivity contribution in [3.05, 3.63) is 59.9 Å². The van der Waals surface area contributed by atoms with Crippen LogP contribution in [0, 0.1) is 0 Å². The molecule has 3 aromatic carbocycles. The first-order valence-electron chi connectivity index (χ1n) is 8.54. The van der Waals surface area contributed by atoms with E-state index in [0.29, 0.717) is 32.3 Å². The number of ether oxygens (including phenoxy) is 1. The molecule has 8 nitrogen and oxygen atoms in total. The van der Waals surface area contributed by atoms with Crippen LogP contribution in [0.1, 0.15) is 0 Å². The van der Waals surface area contributed by atoms with Gasteiger partial charge in [-0.15, -0.1) is 5.10 Å². The number of H-pyrrole nitrogens is 1. The molecule has 0 fully saturated rings. The lowest BCUT2D eigenvalue weighted by atomic mass is 10.1. The van der Waals surface area contributed by atoms with Gasteiger partial charge in [-0.3, -0.25) is 9.82 Å². The third kappa shape index (κ3) is 3.89. The summed E-state index contributed by atoms with van der Waals surface area (Å²) >= 11 is 7.19. The molecule has 4 aromatic rings. The third-order valence-corrected chi connectivity index (χ3v) is 6.82. The molecule has 154 valence electrons. The number of sulfonamides is 1. The lowest BCUT2D eigenvalue weighted by molar-refractivity contribution is 0.414. The second kappa shape index (κ2) is 8.05. The first kappa shape index (κ1) is 20.3. The summed E-state index contributed by atoms with van der Waals surface area (Å²) in [5.41, 5.74) is 0.299. The highest BCUT2D eigenvalue weighted by Gasteiger charge is 2.20. The fourth-order valence-corrected chi connectivity index (χ4v) is 5.06. The molecule has 4 rings (SSSR count). The highest BCUT2D eigenvalue weighted by Crippen LogP contribution is 2.42. The van der Waals surface area contributed by atoms with E-state index in [2.05, 4.69) is 19.9 Å². The summed E-state index contributed by atoms with van der Waals surface area (Å²) in [6.45, 7) is 0. The van der Waals surface area contributed by atoms with E-state index in [-0.39, 0.29) is 15.7 Å². The van der Waals surface area contributed by atoms with Crippen molar-refractivity contribution >= 4 is 49.8 Å². The van der Waals surface area contributed by atoms with Gasteiger partial charge in [0.2, 0.25) is 5.16 Å². The van der Waals surface area contributed by atoms with Crippen molar-refractivity contribution in [3.63, 3.8) is 0 Å². The molecule has 0 radical (unpaired) electrons. The summed E-state index contributed by atoms with van der Waals surface area (Å²) in [5.74, 6) is 0.381. The summed E-state index contributed by atoms with van der Waals surface area (Å²) in [4.78, 5) is 4.41. The molecule has 30 heavy (non-hydrogen) atoms. The number of hydrogen-bond acceptors (Lipinski definition) is 7. The Morgan fingerprint density at radius 1 is 1.17 bits per heavy atom. The number of nitrogens with one attached hydrogen (secondary N) is 2. The van der Waals surface area contributed by atoms with Crippen molar-refractivity contribution < 1.29 is 18.3 Å². The number of nitrogens with zero attached hydrogens (tertiary/aromatic N) is 2. The summed E-state index contributed by atoms with van der Waals surface area (Å²) in [5, 5.41) is 18.8. The number of hydrogen-bond donors (Lipinski definition) is 3. The van der Waals surface area contributed by atoms with Crippen molar-refractivity contribution in [1.82, 2.24) is 15.2 Å². The summed E-state index contributed by atoms with van der Waals surface area (Å²) in [6, 6.07) is 12.7. The van der Waals surface area contributed by atoms with Crippen LogP contribution in [0.3, 0.4) is 0 Å². The van der Waals surface area contributed by atoms with E-state index in [0.717, 1.165) is 11.8 Å². The molecule has 0 aliphatic rings. The van der Waals surface area contributed by atoms with Crippen molar-refractivity contribution in [2.24, 2.45) is 0 Å². The van der Waals surface area contributed by atoms with Gasteiger partial charge in [-0.05, 0) is 36.0 Å². The zero-order chi connectivity index (χ0) is 21.3. The molecule has 1 heterocycles. The Balaban J connectivity index is 1.79. The van der Waals surface area contributed by atoms with Gasteiger partial charge in [0.05, 0.1) is 27.6 Å². The highest BCUT2D eigenvalue weighted by atomic mass is 35.5. The predicted octanol–water partition coefficient (Wildman–Crippen LogP) is 4.28. The second-order valence-electron chi connectivity index (χ2n) is 6.10. The number of aromatic nitrogens is 3. The van der Waals surface area contributed by atoms with Crippen LogP contribution in [0.2, 0.25) is 5.02 Å². The Hall–Kier alpha value is -2.95. The molecule has 0 saturated heterocycles. The molecule has 0 aliphatic carbocycles. The Morgan fingerprint density at radius 2 is 1.93 bits per heavy atom. The van der Waals surface area contributed by atoms with Crippen LogP contribution in [0.5, 0.6) is 11.5 Å². The smallest absolute Gasteiger partial charge is 0.261 e. The van der Waals surface area contributed by atoms with E-state index in [4.69, 9.17) is 16.3 Å². The van der Waals surface area contributed by atoms with Gasteiger partial charge < -0.3 is 9.84 Å². The Bertz CT molecular complexity index is 1330. The van der Waals surface area contributed by atoms with Crippen LogP contribution >= 0.6 is 23.4 Å². The van der Waals surface area contributed by atoms with Crippen LogP contribution in [0.25, 0.3) is 10.8 Å². The number of phenolic OH excluding ortho intramolecular Hbond substituents is 1. The van der Waals surface area contributed by atoms with Crippen LogP contribution < -0.4 is 9.46 Å². The van der Waals surface area contributed by atoms with Gasteiger partial charge in [0.25, 0.3) is 10.0 Å². The maximum atomic E-state index is 13.0. The molecule has 0 unspecified atom stereocenters. The van der Waals surface area contributed by atoms with Crippen LogP contribution in [0.4, 0.5) is 5.69 Å². The predicted molar refractivity (Wildman–Crippen MR) is 115 cm³/mol. The molecular formula is C19H15ClN4O4S2. The zero-order valence-electron chi connectivity index (χ0n) is 15.5. The third-order valence-electron chi connectivity index (χ3n) is 4.25. The minimum atomic E-state index is -3.96. The zero-order valence-corrected chi connectivity index (χ0v) is 17.8. The van der Waals surface area contributed by atoms with E-state index < -0.39 is 10.0 Å². The molecule has 0 spiro atoms. The van der Waals surface area contributed by atoms with Gasteiger partial charge in [0.15, 0.2) is 0 Å². The normalized spacial score (nSPS) is 11.5. The van der Waals surface area contributed by atoms with Gasteiger partial charge in [0, 0.05) is 10.8 Å². The molecule has 0 saturated carbocycles. The molecular weight excluding hydrogens is 448 g/mol. The van der Waals surface area contributed by atoms with Crippen molar-refractivity contribution in [3.8, 4) is 11.5 Å². The standard InChI is InChI=1S/C19H15ClN4O4S2/c1-28-16-7-6-11(8-14(16)20)30(26,27)24-15-9-17(29-19-21-10-22-23-19)18(25)13-5-3-2-4-12(13)15/h2-10,24-25H,1H3,(H,21,22,23). The summed E-state index contributed by atoms with van der Waals surface area (Å²) < 4.78 is 33.7. The highest BCUT2D eigenvalue weighted by molar-refractivity contribution is 7.99. The molecule has 0 bridgehead atoms. The molecule has 0 aliphatic heterocycles. The van der Waals surface area contributed by atoms with Crippen molar-refractivity contribution in [1.29, 1.82) is 0 Å². The average Bonchev–Trinajstić information content (AvgIpc) is 3.24. The maximum Gasteiger partial charge on any atom is 0.261 e. The molecule has 11 heteroatoms. The first-order valence-corrected chi connectivity index (χ1v) is 11.2. The number of benzene rings is 3. The number of anilines is 1. The quantitative estimate of drug-likeness (QED) is 0.366. The molecule has 0 atom stereocenters. The van der Waals surface area contributed by atoms with Crippen LogP contribution in [0.15, 0.2) is 69.8 Å². The first-order chi connectivity index (χ1) is 14.4. The number of methoxy groups -OCH3 is 1. The molecule has 0 amide bonds. The fraction of sp³-hybridized carbons (Fsp3) is 0.0526. The Morgan fingerprint density at radius 3 is 2.60 bits per heavy atom. The molecule has 3 N–H and O–H groups in total. The van der Waals surface area contributed by atoms with Crippen molar-refractivity contribution in [2.75, 3.05) is 11.8 Å². The lowest BCUT2D eigenvalue weighted by Gasteiger charge is -2.15. The minimum absolute atomic E-state index is 0.0100. The van der Waals surface area contributed by atoms with Gasteiger partial charge in [-0.2, -0.15) is 0 Å². The number of aromatic hydroxyl groups is 1. The minimum Gasteiger partial charge on any atom is -0.506 e. The number of rotatable bonds is 6. The number of aromatic amines is 1. The SMILES string of the molecule is COc1ccc(S(=O)(=O)Nc2cc(Sc3nc[nH]n3)c(O)c3ccccc23)cc1Cl.